The number of sulfonamides is 1. The van der Waals surface area contributed by atoms with Crippen molar-refractivity contribution in [3.05, 3.63) is 27.8 Å². The lowest BCUT2D eigenvalue weighted by molar-refractivity contribution is 0.393. The number of piperidine rings is 1. The van der Waals surface area contributed by atoms with Gasteiger partial charge < -0.3 is 5.32 Å². The quantitative estimate of drug-likeness (QED) is 0.755. The van der Waals surface area contributed by atoms with E-state index in [-0.39, 0.29) is 5.75 Å². The molecule has 1 heterocycles. The summed E-state index contributed by atoms with van der Waals surface area (Å²) in [5, 5.41) is 3.37. The maximum atomic E-state index is 12.0. The second-order valence-corrected chi connectivity index (χ2v) is 7.95. The molecule has 2 rings (SSSR count). The van der Waals surface area contributed by atoms with Gasteiger partial charge in [0.15, 0.2) is 0 Å². The van der Waals surface area contributed by atoms with Crippen LogP contribution in [0.5, 0.6) is 0 Å². The summed E-state index contributed by atoms with van der Waals surface area (Å²) in [6.45, 7) is 1.01. The standard InChI is InChI=1S/C13H19IN2O2S/c14-11-4-3-6-13(10-11)16-19(17,18)9-7-12-5-1-2-8-15-12/h3-4,6,10,12,15-16H,1-2,5,7-9H2. The molecule has 0 radical (unpaired) electrons. The molecule has 1 saturated heterocycles. The number of halogens is 1. The molecule has 19 heavy (non-hydrogen) atoms. The molecule has 1 atom stereocenters. The fourth-order valence-corrected chi connectivity index (χ4v) is 3.98. The summed E-state index contributed by atoms with van der Waals surface area (Å²) in [7, 11) is -3.24. The molecule has 1 aromatic rings. The van der Waals surface area contributed by atoms with Crippen molar-refractivity contribution in [1.29, 1.82) is 0 Å². The Morgan fingerprint density at radius 2 is 2.21 bits per heavy atom. The molecule has 6 heteroatoms. The van der Waals surface area contributed by atoms with Crippen LogP contribution in [-0.2, 0) is 10.0 Å². The molecule has 1 fully saturated rings. The maximum Gasteiger partial charge on any atom is 0.232 e. The average Bonchev–Trinajstić information content (AvgIpc) is 2.37. The number of benzene rings is 1. The number of anilines is 1. The van der Waals surface area contributed by atoms with E-state index in [4.69, 9.17) is 0 Å². The highest BCUT2D eigenvalue weighted by Gasteiger charge is 2.17. The van der Waals surface area contributed by atoms with E-state index in [0.29, 0.717) is 18.2 Å². The molecule has 0 aliphatic carbocycles. The maximum absolute atomic E-state index is 12.0. The van der Waals surface area contributed by atoms with Crippen molar-refractivity contribution in [2.24, 2.45) is 0 Å². The van der Waals surface area contributed by atoms with Crippen LogP contribution in [0.25, 0.3) is 0 Å². The minimum atomic E-state index is -3.24. The van der Waals surface area contributed by atoms with Gasteiger partial charge in [-0.05, 0) is 66.6 Å². The summed E-state index contributed by atoms with van der Waals surface area (Å²) in [5.74, 6) is 0.177. The first-order valence-electron chi connectivity index (χ1n) is 6.55. The Kier molecular flexibility index (Phi) is 5.47. The first-order valence-corrected chi connectivity index (χ1v) is 9.28. The van der Waals surface area contributed by atoms with Gasteiger partial charge >= 0.3 is 0 Å². The molecular formula is C13H19IN2O2S. The minimum Gasteiger partial charge on any atom is -0.314 e. The molecule has 1 aromatic carbocycles. The molecule has 1 aliphatic heterocycles. The summed E-state index contributed by atoms with van der Waals surface area (Å²) in [5.41, 5.74) is 0.642. The number of rotatable bonds is 5. The van der Waals surface area contributed by atoms with Gasteiger partial charge in [0.05, 0.1) is 5.75 Å². The van der Waals surface area contributed by atoms with Crippen LogP contribution in [0.1, 0.15) is 25.7 Å². The Morgan fingerprint density at radius 3 is 2.89 bits per heavy atom. The van der Waals surface area contributed by atoms with Crippen LogP contribution in [0.15, 0.2) is 24.3 Å². The lowest BCUT2D eigenvalue weighted by Crippen LogP contribution is -2.36. The molecule has 0 bridgehead atoms. The van der Waals surface area contributed by atoms with Crippen LogP contribution in [0.4, 0.5) is 5.69 Å². The van der Waals surface area contributed by atoms with Crippen LogP contribution in [0.2, 0.25) is 0 Å². The highest BCUT2D eigenvalue weighted by Crippen LogP contribution is 2.15. The Bertz CT molecular complexity index is 513. The molecule has 1 unspecified atom stereocenters. The van der Waals surface area contributed by atoms with Gasteiger partial charge in [-0.25, -0.2) is 8.42 Å². The van der Waals surface area contributed by atoms with Crippen LogP contribution < -0.4 is 10.0 Å². The van der Waals surface area contributed by atoms with Gasteiger partial charge in [-0.1, -0.05) is 12.5 Å². The molecule has 0 aromatic heterocycles. The summed E-state index contributed by atoms with van der Waals surface area (Å²) < 4.78 is 27.7. The summed E-state index contributed by atoms with van der Waals surface area (Å²) in [4.78, 5) is 0. The fraction of sp³-hybridized carbons (Fsp3) is 0.538. The zero-order valence-electron chi connectivity index (χ0n) is 10.7. The molecule has 0 amide bonds. The lowest BCUT2D eigenvalue weighted by atomic mass is 10.0. The minimum absolute atomic E-state index is 0.177. The van der Waals surface area contributed by atoms with Crippen molar-refractivity contribution in [1.82, 2.24) is 5.32 Å². The highest BCUT2D eigenvalue weighted by molar-refractivity contribution is 14.1. The van der Waals surface area contributed by atoms with E-state index in [1.165, 1.54) is 12.8 Å². The monoisotopic (exact) mass is 394 g/mol. The van der Waals surface area contributed by atoms with E-state index in [0.717, 1.165) is 16.5 Å². The van der Waals surface area contributed by atoms with Crippen molar-refractivity contribution >= 4 is 38.3 Å². The van der Waals surface area contributed by atoms with Crippen LogP contribution in [0.3, 0.4) is 0 Å². The second-order valence-electron chi connectivity index (χ2n) is 4.87. The third kappa shape index (κ3) is 5.27. The SMILES string of the molecule is O=S(=O)(CCC1CCCCN1)Nc1cccc(I)c1. The van der Waals surface area contributed by atoms with Crippen molar-refractivity contribution in [2.45, 2.75) is 31.7 Å². The van der Waals surface area contributed by atoms with Gasteiger partial charge in [0.25, 0.3) is 0 Å². The van der Waals surface area contributed by atoms with Crippen molar-refractivity contribution in [3.8, 4) is 0 Å². The highest BCUT2D eigenvalue weighted by atomic mass is 127. The molecular weight excluding hydrogens is 375 g/mol. The first kappa shape index (κ1) is 15.1. The average molecular weight is 394 g/mol. The molecule has 2 N–H and O–H groups in total. The molecule has 0 saturated carbocycles. The Morgan fingerprint density at radius 1 is 1.37 bits per heavy atom. The van der Waals surface area contributed by atoms with Gasteiger partial charge in [0, 0.05) is 15.3 Å². The van der Waals surface area contributed by atoms with Crippen molar-refractivity contribution < 1.29 is 8.42 Å². The van der Waals surface area contributed by atoms with E-state index in [9.17, 15) is 8.42 Å². The number of hydrogen-bond donors (Lipinski definition) is 2. The molecule has 4 nitrogen and oxygen atoms in total. The number of nitrogens with one attached hydrogen (secondary N) is 2. The van der Waals surface area contributed by atoms with Crippen LogP contribution >= 0.6 is 22.6 Å². The third-order valence-electron chi connectivity index (χ3n) is 3.25. The third-order valence-corrected chi connectivity index (χ3v) is 5.24. The second kappa shape index (κ2) is 6.90. The van der Waals surface area contributed by atoms with Gasteiger partial charge in [-0.3, -0.25) is 4.72 Å². The summed E-state index contributed by atoms with van der Waals surface area (Å²) in [6.07, 6.45) is 4.16. The van der Waals surface area contributed by atoms with E-state index < -0.39 is 10.0 Å². The zero-order valence-corrected chi connectivity index (χ0v) is 13.7. The van der Waals surface area contributed by atoms with Crippen LogP contribution in [-0.4, -0.2) is 26.8 Å². The predicted octanol–water partition coefficient (Wildman–Crippen LogP) is 2.57. The van der Waals surface area contributed by atoms with Gasteiger partial charge in [0.2, 0.25) is 10.0 Å². The van der Waals surface area contributed by atoms with Gasteiger partial charge in [-0.15, -0.1) is 0 Å². The Hall–Kier alpha value is -0.340. The Labute approximate surface area is 128 Å². The van der Waals surface area contributed by atoms with Crippen LogP contribution in [0, 0.1) is 3.57 Å². The largest absolute Gasteiger partial charge is 0.314 e. The summed E-state index contributed by atoms with van der Waals surface area (Å²) >= 11 is 2.17. The van der Waals surface area contributed by atoms with Gasteiger partial charge in [0.1, 0.15) is 0 Å². The Balaban J connectivity index is 1.87. The molecule has 106 valence electrons. The lowest BCUT2D eigenvalue weighted by Gasteiger charge is -2.23. The van der Waals surface area contributed by atoms with Crippen molar-refractivity contribution in [3.63, 3.8) is 0 Å². The van der Waals surface area contributed by atoms with Crippen molar-refractivity contribution in [2.75, 3.05) is 17.0 Å². The fourth-order valence-electron chi connectivity index (χ4n) is 2.25. The predicted molar refractivity (Wildman–Crippen MR) is 86.8 cm³/mol. The molecule has 1 aliphatic rings. The van der Waals surface area contributed by atoms with E-state index >= 15 is 0 Å². The summed E-state index contributed by atoms with van der Waals surface area (Å²) in [6, 6.07) is 7.74. The van der Waals surface area contributed by atoms with E-state index in [1.54, 1.807) is 6.07 Å². The first-order chi connectivity index (χ1) is 9.05. The molecule has 0 spiro atoms. The van der Waals surface area contributed by atoms with E-state index in [1.807, 2.05) is 18.2 Å². The topological polar surface area (TPSA) is 58.2 Å². The zero-order chi connectivity index (χ0) is 13.7. The normalized spacial score (nSPS) is 20.2. The van der Waals surface area contributed by atoms with E-state index in [2.05, 4.69) is 32.6 Å². The van der Waals surface area contributed by atoms with Gasteiger partial charge in [-0.2, -0.15) is 0 Å². The smallest absolute Gasteiger partial charge is 0.232 e. The number of hydrogen-bond acceptors (Lipinski definition) is 3.